The summed E-state index contributed by atoms with van der Waals surface area (Å²) in [5.74, 6) is 1.16. The lowest BCUT2D eigenvalue weighted by molar-refractivity contribution is 0.0939. The monoisotopic (exact) mass is 261 g/mol. The van der Waals surface area contributed by atoms with Crippen LogP contribution in [0.15, 0.2) is 40.8 Å². The van der Waals surface area contributed by atoms with Crippen molar-refractivity contribution < 1.29 is 13.6 Å². The van der Waals surface area contributed by atoms with Crippen molar-refractivity contribution in [3.8, 4) is 0 Å². The van der Waals surface area contributed by atoms with Gasteiger partial charge in [-0.15, -0.1) is 0 Å². The average Bonchev–Trinajstić information content (AvgIpc) is 2.74. The van der Waals surface area contributed by atoms with E-state index in [1.807, 2.05) is 31.0 Å². The maximum Gasteiger partial charge on any atom is 0.176 e. The number of hydrogen-bond donors (Lipinski definition) is 0. The highest BCUT2D eigenvalue weighted by Gasteiger charge is 2.11. The number of furan rings is 1. The SMILES string of the molecule is Cc1ccc(CN(C)CC(=O)c2cccc(F)c2)o1. The number of likely N-dealkylation sites (N-methyl/N-ethyl adjacent to an activating group) is 1. The molecule has 3 nitrogen and oxygen atoms in total. The number of rotatable bonds is 5. The number of ketones is 1. The summed E-state index contributed by atoms with van der Waals surface area (Å²) in [5.41, 5.74) is 0.391. The lowest BCUT2D eigenvalue weighted by Crippen LogP contribution is -2.25. The Morgan fingerprint density at radius 3 is 2.74 bits per heavy atom. The molecule has 0 amide bonds. The highest BCUT2D eigenvalue weighted by Crippen LogP contribution is 2.10. The Balaban J connectivity index is 1.95. The lowest BCUT2D eigenvalue weighted by atomic mass is 10.1. The molecule has 0 aliphatic rings. The van der Waals surface area contributed by atoms with Crippen LogP contribution in [0.5, 0.6) is 0 Å². The Kier molecular flexibility index (Phi) is 4.12. The van der Waals surface area contributed by atoms with E-state index in [0.717, 1.165) is 11.5 Å². The van der Waals surface area contributed by atoms with Gasteiger partial charge in [0, 0.05) is 5.56 Å². The fourth-order valence-corrected chi connectivity index (χ4v) is 1.89. The summed E-state index contributed by atoms with van der Waals surface area (Å²) in [6, 6.07) is 9.52. The summed E-state index contributed by atoms with van der Waals surface area (Å²) < 4.78 is 18.5. The highest BCUT2D eigenvalue weighted by atomic mass is 19.1. The number of halogens is 1. The van der Waals surface area contributed by atoms with Crippen LogP contribution in [0.2, 0.25) is 0 Å². The number of carbonyl (C=O) groups is 1. The topological polar surface area (TPSA) is 33.5 Å². The number of aryl methyl sites for hydroxylation is 1. The quantitative estimate of drug-likeness (QED) is 0.776. The lowest BCUT2D eigenvalue weighted by Gasteiger charge is -2.14. The van der Waals surface area contributed by atoms with E-state index in [0.29, 0.717) is 12.1 Å². The van der Waals surface area contributed by atoms with Gasteiger partial charge >= 0.3 is 0 Å². The first kappa shape index (κ1) is 13.5. The van der Waals surface area contributed by atoms with Gasteiger partial charge in [0.2, 0.25) is 0 Å². The minimum atomic E-state index is -0.393. The number of Topliss-reactive ketones (excluding diaryl/α,β-unsaturated/α-hetero) is 1. The minimum absolute atomic E-state index is 0.106. The molecule has 1 aromatic carbocycles. The Hall–Kier alpha value is -1.94. The average molecular weight is 261 g/mol. The predicted octanol–water partition coefficient (Wildman–Crippen LogP) is 3.04. The second-order valence-electron chi connectivity index (χ2n) is 4.62. The van der Waals surface area contributed by atoms with E-state index in [9.17, 15) is 9.18 Å². The van der Waals surface area contributed by atoms with Crippen LogP contribution in [0.25, 0.3) is 0 Å². The standard InChI is InChI=1S/C15H16FNO2/c1-11-6-7-14(19-11)9-17(2)10-15(18)12-4-3-5-13(16)8-12/h3-8H,9-10H2,1-2H3. The molecule has 19 heavy (non-hydrogen) atoms. The second kappa shape index (κ2) is 5.80. The molecule has 2 rings (SSSR count). The summed E-state index contributed by atoms with van der Waals surface area (Å²) in [5, 5.41) is 0. The molecule has 0 bridgehead atoms. The smallest absolute Gasteiger partial charge is 0.176 e. The van der Waals surface area contributed by atoms with Gasteiger partial charge in [-0.3, -0.25) is 9.69 Å². The number of carbonyl (C=O) groups excluding carboxylic acids is 1. The zero-order valence-electron chi connectivity index (χ0n) is 11.0. The van der Waals surface area contributed by atoms with Gasteiger partial charge in [0.1, 0.15) is 17.3 Å². The molecule has 0 atom stereocenters. The van der Waals surface area contributed by atoms with Crippen LogP contribution >= 0.6 is 0 Å². The van der Waals surface area contributed by atoms with Gasteiger partial charge in [0.15, 0.2) is 5.78 Å². The first-order chi connectivity index (χ1) is 9.04. The number of nitrogens with zero attached hydrogens (tertiary/aromatic N) is 1. The van der Waals surface area contributed by atoms with Gasteiger partial charge in [0.05, 0.1) is 13.1 Å². The van der Waals surface area contributed by atoms with Crippen molar-refractivity contribution in [1.29, 1.82) is 0 Å². The fraction of sp³-hybridized carbons (Fsp3) is 0.267. The molecule has 4 heteroatoms. The molecule has 1 heterocycles. The molecule has 1 aromatic heterocycles. The maximum absolute atomic E-state index is 13.0. The Labute approximate surface area is 111 Å². The first-order valence-electron chi connectivity index (χ1n) is 6.07. The molecule has 0 aliphatic heterocycles. The van der Waals surface area contributed by atoms with Crippen molar-refractivity contribution in [3.63, 3.8) is 0 Å². The van der Waals surface area contributed by atoms with Crippen LogP contribution in [0.3, 0.4) is 0 Å². The van der Waals surface area contributed by atoms with Crippen molar-refractivity contribution in [2.75, 3.05) is 13.6 Å². The van der Waals surface area contributed by atoms with Gasteiger partial charge in [-0.25, -0.2) is 4.39 Å². The summed E-state index contributed by atoms with van der Waals surface area (Å²) in [6.07, 6.45) is 0. The van der Waals surface area contributed by atoms with Crippen LogP contribution in [0.4, 0.5) is 4.39 Å². The normalized spacial score (nSPS) is 10.9. The van der Waals surface area contributed by atoms with Crippen molar-refractivity contribution in [3.05, 3.63) is 59.3 Å². The van der Waals surface area contributed by atoms with Crippen molar-refractivity contribution in [2.45, 2.75) is 13.5 Å². The van der Waals surface area contributed by atoms with Crippen LogP contribution in [-0.2, 0) is 6.54 Å². The van der Waals surface area contributed by atoms with Crippen LogP contribution in [0, 0.1) is 12.7 Å². The van der Waals surface area contributed by atoms with E-state index >= 15 is 0 Å². The summed E-state index contributed by atoms with van der Waals surface area (Å²) >= 11 is 0. The van der Waals surface area contributed by atoms with E-state index in [1.54, 1.807) is 12.1 Å². The number of hydrogen-bond acceptors (Lipinski definition) is 3. The molecule has 0 spiro atoms. The van der Waals surface area contributed by atoms with E-state index in [4.69, 9.17) is 4.42 Å². The maximum atomic E-state index is 13.0. The molecule has 0 saturated carbocycles. The van der Waals surface area contributed by atoms with E-state index < -0.39 is 5.82 Å². The van der Waals surface area contributed by atoms with Crippen molar-refractivity contribution in [2.24, 2.45) is 0 Å². The molecular formula is C15H16FNO2. The van der Waals surface area contributed by atoms with Gasteiger partial charge < -0.3 is 4.42 Å². The van der Waals surface area contributed by atoms with Gasteiger partial charge in [-0.1, -0.05) is 12.1 Å². The Morgan fingerprint density at radius 2 is 2.11 bits per heavy atom. The van der Waals surface area contributed by atoms with Gasteiger partial charge in [0.25, 0.3) is 0 Å². The molecule has 100 valence electrons. The number of benzene rings is 1. The summed E-state index contributed by atoms with van der Waals surface area (Å²) in [6.45, 7) is 2.65. The predicted molar refractivity (Wildman–Crippen MR) is 70.5 cm³/mol. The van der Waals surface area contributed by atoms with Gasteiger partial charge in [-0.05, 0) is 38.2 Å². The fourth-order valence-electron chi connectivity index (χ4n) is 1.89. The third kappa shape index (κ3) is 3.76. The summed E-state index contributed by atoms with van der Waals surface area (Å²) in [4.78, 5) is 13.8. The summed E-state index contributed by atoms with van der Waals surface area (Å²) in [7, 11) is 1.83. The first-order valence-corrected chi connectivity index (χ1v) is 6.07. The highest BCUT2D eigenvalue weighted by molar-refractivity contribution is 5.97. The Bertz CT molecular complexity index is 577. The van der Waals surface area contributed by atoms with E-state index in [1.165, 1.54) is 12.1 Å². The molecule has 0 unspecified atom stereocenters. The molecular weight excluding hydrogens is 245 g/mol. The third-order valence-electron chi connectivity index (χ3n) is 2.78. The van der Waals surface area contributed by atoms with Crippen molar-refractivity contribution >= 4 is 5.78 Å². The van der Waals surface area contributed by atoms with Crippen LogP contribution < -0.4 is 0 Å². The van der Waals surface area contributed by atoms with E-state index in [2.05, 4.69) is 0 Å². The Morgan fingerprint density at radius 1 is 1.32 bits per heavy atom. The largest absolute Gasteiger partial charge is 0.465 e. The zero-order chi connectivity index (χ0) is 13.8. The molecule has 0 radical (unpaired) electrons. The molecule has 0 aliphatic carbocycles. The molecule has 2 aromatic rings. The zero-order valence-corrected chi connectivity index (χ0v) is 11.0. The second-order valence-corrected chi connectivity index (χ2v) is 4.62. The molecule has 0 N–H and O–H groups in total. The van der Waals surface area contributed by atoms with Crippen LogP contribution in [-0.4, -0.2) is 24.3 Å². The van der Waals surface area contributed by atoms with E-state index in [-0.39, 0.29) is 12.3 Å². The molecule has 0 saturated heterocycles. The minimum Gasteiger partial charge on any atom is -0.465 e. The van der Waals surface area contributed by atoms with Gasteiger partial charge in [-0.2, -0.15) is 0 Å². The third-order valence-corrected chi connectivity index (χ3v) is 2.78. The van der Waals surface area contributed by atoms with Crippen LogP contribution in [0.1, 0.15) is 21.9 Å². The van der Waals surface area contributed by atoms with Crippen molar-refractivity contribution in [1.82, 2.24) is 4.90 Å². The molecule has 0 fully saturated rings.